The van der Waals surface area contributed by atoms with E-state index in [-0.39, 0.29) is 24.6 Å². The quantitative estimate of drug-likeness (QED) is 0.405. The van der Waals surface area contributed by atoms with Crippen LogP contribution in [0.5, 0.6) is 0 Å². The first-order valence-electron chi connectivity index (χ1n) is 11.8. The number of rotatable bonds is 9. The largest absolute Gasteiger partial charge is 0.394 e. The summed E-state index contributed by atoms with van der Waals surface area (Å²) in [6.45, 7) is 2.47. The molecule has 1 fully saturated rings. The third-order valence-electron chi connectivity index (χ3n) is 6.33. The van der Waals surface area contributed by atoms with Crippen molar-refractivity contribution in [3.05, 3.63) is 99.5 Å². The molecule has 10 heteroatoms. The van der Waals surface area contributed by atoms with Crippen LogP contribution in [0.3, 0.4) is 0 Å². The molecule has 1 heterocycles. The second-order valence-electron chi connectivity index (χ2n) is 9.28. The minimum Gasteiger partial charge on any atom is -0.394 e. The van der Waals surface area contributed by atoms with Gasteiger partial charge in [-0.1, -0.05) is 53.5 Å². The molecule has 196 valence electrons. The molecule has 2 N–H and O–H groups in total. The van der Waals surface area contributed by atoms with Gasteiger partial charge in [0.1, 0.15) is 0 Å². The summed E-state index contributed by atoms with van der Waals surface area (Å²) in [6, 6.07) is 20.9. The van der Waals surface area contributed by atoms with Crippen molar-refractivity contribution in [2.75, 3.05) is 30.3 Å². The number of benzene rings is 3. The highest BCUT2D eigenvalue weighted by Gasteiger charge is 2.40. The average Bonchev–Trinajstić information content (AvgIpc) is 2.83. The van der Waals surface area contributed by atoms with Crippen molar-refractivity contribution in [1.29, 1.82) is 0 Å². The SMILES string of the molecule is C[C@H](CO)NC(=O)c1cccc(N(C2CN(C(c3ccc(Cl)cc3)c3ccc(Cl)cc3)C2)S(C)(=O)=O)c1. The van der Waals surface area contributed by atoms with Crippen molar-refractivity contribution in [2.24, 2.45) is 0 Å². The zero-order valence-electron chi connectivity index (χ0n) is 20.5. The van der Waals surface area contributed by atoms with Crippen LogP contribution in [0.1, 0.15) is 34.5 Å². The van der Waals surface area contributed by atoms with E-state index in [0.717, 1.165) is 11.1 Å². The molecule has 0 spiro atoms. The van der Waals surface area contributed by atoms with Crippen LogP contribution >= 0.6 is 23.2 Å². The maximum Gasteiger partial charge on any atom is 0.251 e. The molecule has 1 saturated heterocycles. The molecule has 1 aliphatic heterocycles. The highest BCUT2D eigenvalue weighted by Crippen LogP contribution is 2.36. The van der Waals surface area contributed by atoms with Crippen LogP contribution in [-0.2, 0) is 10.0 Å². The lowest BCUT2D eigenvalue weighted by molar-refractivity contribution is 0.0922. The predicted octanol–water partition coefficient (Wildman–Crippen LogP) is 4.34. The van der Waals surface area contributed by atoms with Gasteiger partial charge in [-0.25, -0.2) is 8.42 Å². The number of nitrogens with zero attached hydrogens (tertiary/aromatic N) is 2. The lowest BCUT2D eigenvalue weighted by atomic mass is 9.93. The lowest BCUT2D eigenvalue weighted by Gasteiger charge is -2.48. The number of likely N-dealkylation sites (tertiary alicyclic amines) is 1. The molecule has 0 unspecified atom stereocenters. The average molecular weight is 563 g/mol. The molecule has 0 aromatic heterocycles. The van der Waals surface area contributed by atoms with E-state index in [0.29, 0.717) is 34.4 Å². The van der Waals surface area contributed by atoms with Crippen molar-refractivity contribution in [1.82, 2.24) is 10.2 Å². The standard InChI is InChI=1S/C27H29Cl2N3O4S/c1-18(17-33)30-27(34)21-4-3-5-24(14-21)32(37(2,35)36)25-15-31(16-25)26(19-6-10-22(28)11-7-19)20-8-12-23(29)13-9-20/h3-14,18,25-26,33H,15-17H2,1-2H3,(H,30,34)/t18-/m1/s1. The minimum absolute atomic E-state index is 0.107. The monoisotopic (exact) mass is 561 g/mol. The van der Waals surface area contributed by atoms with Crippen molar-refractivity contribution < 1.29 is 18.3 Å². The topological polar surface area (TPSA) is 89.9 Å². The van der Waals surface area contributed by atoms with Crippen LogP contribution in [-0.4, -0.2) is 62.4 Å². The normalized spacial score (nSPS) is 15.3. The maximum atomic E-state index is 12.9. The van der Waals surface area contributed by atoms with Crippen molar-refractivity contribution in [3.63, 3.8) is 0 Å². The molecule has 37 heavy (non-hydrogen) atoms. The Morgan fingerprint density at radius 2 is 1.57 bits per heavy atom. The number of hydrogen-bond acceptors (Lipinski definition) is 5. The van der Waals surface area contributed by atoms with Crippen LogP contribution in [0, 0.1) is 0 Å². The summed E-state index contributed by atoms with van der Waals surface area (Å²) in [7, 11) is -3.64. The highest BCUT2D eigenvalue weighted by atomic mass is 35.5. The summed E-state index contributed by atoms with van der Waals surface area (Å²) < 4.78 is 27.2. The smallest absolute Gasteiger partial charge is 0.251 e. The summed E-state index contributed by atoms with van der Waals surface area (Å²) in [5.74, 6) is -0.377. The fourth-order valence-electron chi connectivity index (χ4n) is 4.56. The molecule has 7 nitrogen and oxygen atoms in total. The van der Waals surface area contributed by atoms with Crippen molar-refractivity contribution >= 4 is 44.8 Å². The van der Waals surface area contributed by atoms with Gasteiger partial charge in [-0.2, -0.15) is 0 Å². The second-order valence-corrected chi connectivity index (χ2v) is 12.0. The van der Waals surface area contributed by atoms with Crippen LogP contribution in [0.4, 0.5) is 5.69 Å². The first-order chi connectivity index (χ1) is 17.6. The molecule has 1 amide bonds. The fraction of sp³-hybridized carbons (Fsp3) is 0.296. The molecule has 1 aliphatic rings. The number of carbonyl (C=O) groups is 1. The lowest BCUT2D eigenvalue weighted by Crippen LogP contribution is -2.61. The Bertz CT molecular complexity index is 1300. The van der Waals surface area contributed by atoms with Crippen molar-refractivity contribution in [2.45, 2.75) is 25.0 Å². The summed E-state index contributed by atoms with van der Waals surface area (Å²) >= 11 is 12.2. The Labute approximate surface area is 227 Å². The van der Waals surface area contributed by atoms with Gasteiger partial charge in [0.15, 0.2) is 0 Å². The Kier molecular flexibility index (Phi) is 8.46. The molecule has 4 rings (SSSR count). The van der Waals surface area contributed by atoms with E-state index in [1.165, 1.54) is 10.6 Å². The minimum atomic E-state index is -3.64. The van der Waals surface area contributed by atoms with Crippen LogP contribution in [0.2, 0.25) is 10.0 Å². The molecular formula is C27H29Cl2N3O4S. The van der Waals surface area contributed by atoms with E-state index in [1.54, 1.807) is 31.2 Å². The highest BCUT2D eigenvalue weighted by molar-refractivity contribution is 7.92. The van der Waals surface area contributed by atoms with Gasteiger partial charge in [-0.05, 0) is 60.5 Å². The Balaban J connectivity index is 1.60. The van der Waals surface area contributed by atoms with Gasteiger partial charge in [0.2, 0.25) is 10.0 Å². The number of carbonyl (C=O) groups excluding carboxylic acids is 1. The van der Waals surface area contributed by atoms with Crippen LogP contribution in [0.25, 0.3) is 0 Å². The number of amides is 1. The van der Waals surface area contributed by atoms with E-state index >= 15 is 0 Å². The number of hydrogen-bond donors (Lipinski definition) is 2. The van der Waals surface area contributed by atoms with Crippen LogP contribution in [0.15, 0.2) is 72.8 Å². The zero-order valence-corrected chi connectivity index (χ0v) is 22.8. The summed E-state index contributed by atoms with van der Waals surface area (Å²) in [6.07, 6.45) is 1.17. The Hall–Kier alpha value is -2.62. The number of anilines is 1. The summed E-state index contributed by atoms with van der Waals surface area (Å²) in [5, 5.41) is 13.2. The molecule has 3 aromatic rings. The zero-order chi connectivity index (χ0) is 26.7. The van der Waals surface area contributed by atoms with E-state index in [9.17, 15) is 18.3 Å². The maximum absolute atomic E-state index is 12.9. The van der Waals surface area contributed by atoms with Crippen molar-refractivity contribution in [3.8, 4) is 0 Å². The number of halogens is 2. The van der Waals surface area contributed by atoms with E-state index in [4.69, 9.17) is 23.2 Å². The van der Waals surface area contributed by atoms with Gasteiger partial charge in [0, 0.05) is 34.7 Å². The summed E-state index contributed by atoms with van der Waals surface area (Å²) in [4.78, 5) is 14.8. The number of sulfonamides is 1. The third kappa shape index (κ3) is 6.45. The van der Waals surface area contributed by atoms with E-state index < -0.39 is 16.1 Å². The number of nitrogens with one attached hydrogen (secondary N) is 1. The molecule has 0 aliphatic carbocycles. The predicted molar refractivity (Wildman–Crippen MR) is 148 cm³/mol. The van der Waals surface area contributed by atoms with Gasteiger partial charge >= 0.3 is 0 Å². The first-order valence-corrected chi connectivity index (χ1v) is 14.4. The Morgan fingerprint density at radius 1 is 1.03 bits per heavy atom. The number of aliphatic hydroxyl groups is 1. The van der Waals surface area contributed by atoms with Gasteiger partial charge in [-0.15, -0.1) is 0 Å². The molecular weight excluding hydrogens is 533 g/mol. The van der Waals surface area contributed by atoms with Gasteiger partial charge in [0.05, 0.1) is 30.6 Å². The fourth-order valence-corrected chi connectivity index (χ4v) is 5.98. The van der Waals surface area contributed by atoms with Gasteiger partial charge in [0.25, 0.3) is 5.91 Å². The molecule has 3 aromatic carbocycles. The van der Waals surface area contributed by atoms with E-state index in [1.807, 2.05) is 48.5 Å². The van der Waals surface area contributed by atoms with Crippen LogP contribution < -0.4 is 9.62 Å². The molecule has 1 atom stereocenters. The first kappa shape index (κ1) is 27.4. The number of aliphatic hydroxyl groups excluding tert-OH is 1. The second kappa shape index (κ2) is 11.4. The van der Waals surface area contributed by atoms with E-state index in [2.05, 4.69) is 10.2 Å². The molecule has 0 saturated carbocycles. The summed E-state index contributed by atoms with van der Waals surface area (Å²) in [5.41, 5.74) is 2.81. The molecule has 0 bridgehead atoms. The van der Waals surface area contributed by atoms with Gasteiger partial charge < -0.3 is 10.4 Å². The Morgan fingerprint density at radius 3 is 2.05 bits per heavy atom. The molecule has 0 radical (unpaired) electrons. The van der Waals surface area contributed by atoms with Gasteiger partial charge in [-0.3, -0.25) is 14.0 Å². The third-order valence-corrected chi connectivity index (χ3v) is 8.06.